The first-order valence-corrected chi connectivity index (χ1v) is 9.00. The molecule has 3 rings (SSSR count). The first kappa shape index (κ1) is 19.4. The molecule has 5 heteroatoms. The Bertz CT molecular complexity index is 1050. The summed E-state index contributed by atoms with van der Waals surface area (Å²) in [5.41, 5.74) is 4.82. The molecular formula is C23H24O5. The van der Waals surface area contributed by atoms with E-state index in [0.29, 0.717) is 46.2 Å². The number of rotatable bonds is 4. The molecule has 146 valence electrons. The Morgan fingerprint density at radius 3 is 1.54 bits per heavy atom. The van der Waals surface area contributed by atoms with Crippen molar-refractivity contribution in [2.24, 2.45) is 0 Å². The molecule has 0 saturated carbocycles. The second-order valence-electron chi connectivity index (χ2n) is 7.31. The van der Waals surface area contributed by atoms with Crippen molar-refractivity contribution < 1.29 is 25.5 Å². The van der Waals surface area contributed by atoms with Crippen LogP contribution in [-0.4, -0.2) is 25.5 Å². The highest BCUT2D eigenvalue weighted by Crippen LogP contribution is 2.34. The monoisotopic (exact) mass is 380 g/mol. The molecular weight excluding hydrogens is 356 g/mol. The third-order valence-corrected chi connectivity index (χ3v) is 5.01. The number of aryl methyl sites for hydroxylation is 3. The molecule has 0 atom stereocenters. The summed E-state index contributed by atoms with van der Waals surface area (Å²) in [5, 5.41) is 50.2. The van der Waals surface area contributed by atoms with Crippen LogP contribution in [0, 0.1) is 20.8 Å². The molecule has 0 aliphatic rings. The largest absolute Gasteiger partial charge is 0.508 e. The second kappa shape index (κ2) is 7.35. The molecule has 0 heterocycles. The van der Waals surface area contributed by atoms with E-state index < -0.39 is 0 Å². The highest BCUT2D eigenvalue weighted by molar-refractivity contribution is 5.52. The fourth-order valence-corrected chi connectivity index (χ4v) is 3.37. The van der Waals surface area contributed by atoms with Crippen molar-refractivity contribution in [2.45, 2.75) is 33.6 Å². The molecule has 0 aliphatic carbocycles. The Kier molecular flexibility index (Phi) is 5.10. The zero-order valence-electron chi connectivity index (χ0n) is 16.1. The summed E-state index contributed by atoms with van der Waals surface area (Å²) in [6, 6.07) is 9.75. The van der Waals surface area contributed by atoms with Crippen LogP contribution >= 0.6 is 0 Å². The molecule has 0 saturated heterocycles. The van der Waals surface area contributed by atoms with Crippen LogP contribution in [0.25, 0.3) is 0 Å². The van der Waals surface area contributed by atoms with Crippen molar-refractivity contribution in [3.05, 3.63) is 75.3 Å². The second-order valence-corrected chi connectivity index (χ2v) is 7.31. The topological polar surface area (TPSA) is 101 Å². The van der Waals surface area contributed by atoms with Crippen LogP contribution in [0.5, 0.6) is 28.7 Å². The van der Waals surface area contributed by atoms with Gasteiger partial charge in [-0.1, -0.05) is 12.1 Å². The van der Waals surface area contributed by atoms with E-state index in [9.17, 15) is 25.5 Å². The summed E-state index contributed by atoms with van der Waals surface area (Å²) in [6.45, 7) is 5.31. The lowest BCUT2D eigenvalue weighted by atomic mass is 9.94. The average Bonchev–Trinajstić information content (AvgIpc) is 2.61. The molecule has 28 heavy (non-hydrogen) atoms. The van der Waals surface area contributed by atoms with Gasteiger partial charge < -0.3 is 25.5 Å². The number of hydrogen-bond donors (Lipinski definition) is 5. The quantitative estimate of drug-likeness (QED) is 0.464. The van der Waals surface area contributed by atoms with Crippen molar-refractivity contribution in [1.29, 1.82) is 0 Å². The third kappa shape index (κ3) is 3.83. The average molecular weight is 380 g/mol. The summed E-state index contributed by atoms with van der Waals surface area (Å²) in [5.74, 6) is 0.204. The van der Waals surface area contributed by atoms with Gasteiger partial charge in [0.15, 0.2) is 0 Å². The SMILES string of the molecule is Cc1cc(Cc2cc(C)c(O)c(Cc3cc(C)c(O)cc3O)c2)c(O)cc1O. The highest BCUT2D eigenvalue weighted by atomic mass is 16.3. The summed E-state index contributed by atoms with van der Waals surface area (Å²) in [6.07, 6.45) is 0.732. The number of phenolic OH excluding ortho intramolecular Hbond substituents is 5. The van der Waals surface area contributed by atoms with Crippen LogP contribution in [0.3, 0.4) is 0 Å². The minimum absolute atomic E-state index is 0.0159. The summed E-state index contributed by atoms with van der Waals surface area (Å²) >= 11 is 0. The van der Waals surface area contributed by atoms with Gasteiger partial charge in [-0.3, -0.25) is 0 Å². The van der Waals surface area contributed by atoms with E-state index in [1.165, 1.54) is 12.1 Å². The summed E-state index contributed by atoms with van der Waals surface area (Å²) < 4.78 is 0. The smallest absolute Gasteiger partial charge is 0.122 e. The van der Waals surface area contributed by atoms with E-state index in [0.717, 1.165) is 5.56 Å². The lowest BCUT2D eigenvalue weighted by Gasteiger charge is -2.14. The van der Waals surface area contributed by atoms with Gasteiger partial charge in [-0.05, 0) is 71.8 Å². The number of hydrogen-bond acceptors (Lipinski definition) is 5. The molecule has 3 aromatic rings. The van der Waals surface area contributed by atoms with E-state index in [4.69, 9.17) is 0 Å². The van der Waals surface area contributed by atoms with Crippen LogP contribution in [0.4, 0.5) is 0 Å². The lowest BCUT2D eigenvalue weighted by molar-refractivity contribution is 0.443. The van der Waals surface area contributed by atoms with E-state index >= 15 is 0 Å². The van der Waals surface area contributed by atoms with Crippen molar-refractivity contribution in [3.8, 4) is 28.7 Å². The fraction of sp³-hybridized carbons (Fsp3) is 0.217. The maximum atomic E-state index is 10.5. The third-order valence-electron chi connectivity index (χ3n) is 5.01. The molecule has 0 fully saturated rings. The summed E-state index contributed by atoms with van der Waals surface area (Å²) in [7, 11) is 0. The molecule has 0 aliphatic heterocycles. The van der Waals surface area contributed by atoms with Gasteiger partial charge in [-0.2, -0.15) is 0 Å². The van der Waals surface area contributed by atoms with Gasteiger partial charge in [0.05, 0.1) is 0 Å². The Morgan fingerprint density at radius 2 is 1.00 bits per heavy atom. The van der Waals surface area contributed by atoms with Crippen molar-refractivity contribution in [3.63, 3.8) is 0 Å². The minimum atomic E-state index is -0.0302. The van der Waals surface area contributed by atoms with Crippen LogP contribution in [-0.2, 0) is 12.8 Å². The van der Waals surface area contributed by atoms with E-state index in [-0.39, 0.29) is 28.7 Å². The minimum Gasteiger partial charge on any atom is -0.508 e. The van der Waals surface area contributed by atoms with Gasteiger partial charge in [-0.25, -0.2) is 0 Å². The van der Waals surface area contributed by atoms with Crippen LogP contribution in [0.15, 0.2) is 36.4 Å². The Labute approximate surface area is 163 Å². The van der Waals surface area contributed by atoms with Crippen LogP contribution < -0.4 is 0 Å². The van der Waals surface area contributed by atoms with Crippen molar-refractivity contribution in [2.75, 3.05) is 0 Å². The predicted molar refractivity (Wildman–Crippen MR) is 107 cm³/mol. The van der Waals surface area contributed by atoms with Gasteiger partial charge in [0, 0.05) is 25.0 Å². The summed E-state index contributed by atoms with van der Waals surface area (Å²) in [4.78, 5) is 0. The van der Waals surface area contributed by atoms with E-state index in [2.05, 4.69) is 0 Å². The Hall–Kier alpha value is -3.34. The highest BCUT2D eigenvalue weighted by Gasteiger charge is 2.14. The van der Waals surface area contributed by atoms with E-state index in [1.54, 1.807) is 32.9 Å². The zero-order chi connectivity index (χ0) is 20.6. The number of phenols is 5. The molecule has 0 unspecified atom stereocenters. The first-order valence-electron chi connectivity index (χ1n) is 9.00. The van der Waals surface area contributed by atoms with Crippen molar-refractivity contribution >= 4 is 0 Å². The standard InChI is InChI=1S/C23H24O5/c1-12-5-16(21(26)10-19(12)24)7-15-4-14(3)23(28)18(8-15)9-17-6-13(2)20(25)11-22(17)27/h4-6,8,10-11,24-28H,7,9H2,1-3H3. The Balaban J connectivity index is 1.98. The normalized spacial score (nSPS) is 11.0. The maximum absolute atomic E-state index is 10.5. The van der Waals surface area contributed by atoms with Crippen LogP contribution in [0.1, 0.15) is 38.9 Å². The number of benzene rings is 3. The van der Waals surface area contributed by atoms with Crippen LogP contribution in [0.2, 0.25) is 0 Å². The van der Waals surface area contributed by atoms with Gasteiger partial charge in [0.1, 0.15) is 28.7 Å². The Morgan fingerprint density at radius 1 is 0.500 bits per heavy atom. The molecule has 0 radical (unpaired) electrons. The molecule has 0 amide bonds. The predicted octanol–water partition coefficient (Wildman–Crippen LogP) is 4.32. The zero-order valence-corrected chi connectivity index (χ0v) is 16.1. The lowest BCUT2D eigenvalue weighted by Crippen LogP contribution is -1.97. The molecule has 3 aromatic carbocycles. The van der Waals surface area contributed by atoms with Gasteiger partial charge in [-0.15, -0.1) is 0 Å². The fourth-order valence-electron chi connectivity index (χ4n) is 3.37. The molecule has 0 aromatic heterocycles. The van der Waals surface area contributed by atoms with Gasteiger partial charge in [0.25, 0.3) is 0 Å². The maximum Gasteiger partial charge on any atom is 0.122 e. The van der Waals surface area contributed by atoms with Crippen molar-refractivity contribution in [1.82, 2.24) is 0 Å². The number of aromatic hydroxyl groups is 5. The van der Waals surface area contributed by atoms with Gasteiger partial charge >= 0.3 is 0 Å². The molecule has 5 nitrogen and oxygen atoms in total. The molecule has 0 bridgehead atoms. The van der Waals surface area contributed by atoms with Gasteiger partial charge in [0.2, 0.25) is 0 Å². The molecule has 0 spiro atoms. The first-order chi connectivity index (χ1) is 13.2. The van der Waals surface area contributed by atoms with E-state index in [1.807, 2.05) is 12.1 Å². The molecule has 5 N–H and O–H groups in total.